The molecular weight excluding hydrogens is 265 g/mol. The molecule has 0 aromatic heterocycles. The van der Waals surface area contributed by atoms with Gasteiger partial charge in [0.05, 0.1) is 0 Å². The average Bonchev–Trinajstić information content (AvgIpc) is 0. The molecule has 0 aromatic carbocycles. The van der Waals surface area contributed by atoms with Crippen molar-refractivity contribution in [2.75, 3.05) is 0 Å². The van der Waals surface area contributed by atoms with Crippen LogP contribution in [0.1, 0.15) is 0 Å². The smallest absolute Gasteiger partial charge is 0.870 e. The molecule has 0 amide bonds. The molecule has 4 nitrogen and oxygen atoms in total. The van der Waals surface area contributed by atoms with Gasteiger partial charge >= 0.3 is 65.0 Å². The first kappa shape index (κ1) is 102. The van der Waals surface area contributed by atoms with E-state index < -0.39 is 0 Å². The summed E-state index contributed by atoms with van der Waals surface area (Å²) < 4.78 is 0. The first-order chi connectivity index (χ1) is 0. The zero-order valence-corrected chi connectivity index (χ0v) is 11.7. The monoisotopic (exact) mass is 268 g/mol. The van der Waals surface area contributed by atoms with Gasteiger partial charge in [0.15, 0.2) is 0 Å². The summed E-state index contributed by atoms with van der Waals surface area (Å²) >= 11 is 0. The molecule has 36 valence electrons. The normalized spacial score (nSPS) is 0. The van der Waals surface area contributed by atoms with Crippen molar-refractivity contribution in [3.05, 3.63) is 0 Å². The van der Waals surface area contributed by atoms with Crippen LogP contribution >= 0.6 is 0 Å². The van der Waals surface area contributed by atoms with Crippen LogP contribution < -0.4 is 0 Å². The summed E-state index contributed by atoms with van der Waals surface area (Å²) in [5, 5.41) is 0. The van der Waals surface area contributed by atoms with Gasteiger partial charge in [0, 0.05) is 21.7 Å². The van der Waals surface area contributed by atoms with Crippen molar-refractivity contribution < 1.29 is 63.1 Å². The summed E-state index contributed by atoms with van der Waals surface area (Å²) in [6.07, 6.45) is 0. The van der Waals surface area contributed by atoms with Crippen LogP contribution in [0.25, 0.3) is 0 Å². The largest absolute Gasteiger partial charge is 2.00 e. The molecule has 0 bridgehead atoms. The van der Waals surface area contributed by atoms with Gasteiger partial charge in [-0.3, -0.25) is 0 Å². The van der Waals surface area contributed by atoms with E-state index in [0.29, 0.717) is 0 Å². The van der Waals surface area contributed by atoms with Crippen LogP contribution in [0.5, 0.6) is 0 Å². The number of rotatable bonds is 0. The molecule has 7 heavy (non-hydrogen) atoms. The van der Waals surface area contributed by atoms with Crippen molar-refractivity contribution in [3.63, 3.8) is 0 Å². The van der Waals surface area contributed by atoms with Gasteiger partial charge < -0.3 is 21.9 Å². The molecule has 0 fully saturated rings. The summed E-state index contributed by atoms with van der Waals surface area (Å²) in [6.45, 7) is 0. The number of hydrogen-bond donors (Lipinski definition) is 0. The van der Waals surface area contributed by atoms with Gasteiger partial charge in [0.1, 0.15) is 0 Å². The fourth-order valence-electron chi connectivity index (χ4n) is 0. The van der Waals surface area contributed by atoms with Gasteiger partial charge in [-0.2, -0.15) is 0 Å². The van der Waals surface area contributed by atoms with E-state index in [2.05, 4.69) is 0 Å². The molecule has 0 aliphatic carbocycles. The maximum atomic E-state index is 0. The Kier molecular flexibility index (Phi) is 1050. The van der Waals surface area contributed by atoms with Crippen LogP contribution in [0.15, 0.2) is 0 Å². The molecule has 7 heteroatoms. The van der Waals surface area contributed by atoms with Gasteiger partial charge in [0.2, 0.25) is 0 Å². The van der Waals surface area contributed by atoms with E-state index in [4.69, 9.17) is 0 Å². The van der Waals surface area contributed by atoms with E-state index in [1.54, 1.807) is 0 Å². The van der Waals surface area contributed by atoms with Gasteiger partial charge in [-0.05, 0) is 0 Å². The van der Waals surface area contributed by atoms with Crippen molar-refractivity contribution in [2.45, 2.75) is 0 Å². The summed E-state index contributed by atoms with van der Waals surface area (Å²) in [5.74, 6) is 0. The summed E-state index contributed by atoms with van der Waals surface area (Å²) in [5.41, 5.74) is 0. The summed E-state index contributed by atoms with van der Waals surface area (Å²) in [4.78, 5) is 0. The molecule has 0 aromatic rings. The van der Waals surface area contributed by atoms with Gasteiger partial charge in [-0.25, -0.2) is 0 Å². The van der Waals surface area contributed by atoms with Crippen LogP contribution in [0.2, 0.25) is 0 Å². The van der Waals surface area contributed by atoms with Crippen LogP contribution in [0.3, 0.4) is 0 Å². The molecule has 0 spiro atoms. The van der Waals surface area contributed by atoms with E-state index >= 15 is 0 Å². The van der Waals surface area contributed by atoms with Crippen LogP contribution in [0.4, 0.5) is 0 Å². The van der Waals surface area contributed by atoms with E-state index in [9.17, 15) is 0 Å². The predicted octanol–water partition coefficient (Wildman–Crippen LogP) is -1.09. The average molecular weight is 269 g/mol. The molecule has 0 saturated carbocycles. The van der Waals surface area contributed by atoms with Crippen molar-refractivity contribution >= 4 is 45.5 Å². The van der Waals surface area contributed by atoms with Gasteiger partial charge in [-0.1, -0.05) is 0 Å². The molecule has 0 radical (unpaired) electrons. The van der Waals surface area contributed by atoms with Crippen molar-refractivity contribution in [1.29, 1.82) is 0 Å². The Bertz CT molecular complexity index is 11.7. The first-order valence-electron chi connectivity index (χ1n) is 0. The summed E-state index contributed by atoms with van der Waals surface area (Å²) in [6, 6.07) is 0. The Hall–Kier alpha value is 2.66. The molecule has 0 unspecified atom stereocenters. The standard InChI is InChI=1S/4H2O.Sr.Ti.Zn/h4*1H2;;;/q;;;;+2;;+2/p-4. The van der Waals surface area contributed by atoms with E-state index in [-0.39, 0.29) is 109 Å². The first-order valence-corrected chi connectivity index (χ1v) is 0. The molecule has 0 heterocycles. The van der Waals surface area contributed by atoms with Crippen LogP contribution in [-0.2, 0) is 41.2 Å². The molecule has 0 atom stereocenters. The van der Waals surface area contributed by atoms with Crippen molar-refractivity contribution in [1.82, 2.24) is 0 Å². The third-order valence-electron chi connectivity index (χ3n) is 0. The van der Waals surface area contributed by atoms with Crippen molar-refractivity contribution in [3.8, 4) is 0 Å². The second kappa shape index (κ2) is 71.9. The zero-order valence-electron chi connectivity index (χ0n) is 3.70. The predicted molar refractivity (Wildman–Crippen MR) is 13.5 cm³/mol. The molecular formula is H4O4SrTiZn. The van der Waals surface area contributed by atoms with Crippen LogP contribution in [-0.4, -0.2) is 67.4 Å². The topological polar surface area (TPSA) is 120 Å². The van der Waals surface area contributed by atoms with E-state index in [1.165, 1.54) is 0 Å². The maximum Gasteiger partial charge on any atom is 2.00 e. The minimum Gasteiger partial charge on any atom is -0.870 e. The van der Waals surface area contributed by atoms with Gasteiger partial charge in [0.25, 0.3) is 0 Å². The SMILES string of the molecule is [OH-].[OH-].[OH-].[OH-].[Sr+2].[Ti].[Zn+2]. The fraction of sp³-hybridized carbons (Fsp3) is 0. The zero-order chi connectivity index (χ0) is 0. The molecule has 0 saturated heterocycles. The minimum absolute atomic E-state index is 0. The van der Waals surface area contributed by atoms with Crippen molar-refractivity contribution in [2.24, 2.45) is 0 Å². The molecule has 4 N–H and O–H groups in total. The molecule has 0 rings (SSSR count). The number of hydrogen-bond acceptors (Lipinski definition) is 4. The fourth-order valence-corrected chi connectivity index (χ4v) is 0. The quantitative estimate of drug-likeness (QED) is 0.518. The third kappa shape index (κ3) is 54.3. The molecule has 0 aliphatic heterocycles. The Balaban J connectivity index is 0. The van der Waals surface area contributed by atoms with E-state index in [1.807, 2.05) is 0 Å². The van der Waals surface area contributed by atoms with E-state index in [0.717, 1.165) is 0 Å². The third-order valence-corrected chi connectivity index (χ3v) is 0. The maximum absolute atomic E-state index is 0. The Labute approximate surface area is 107 Å². The Morgan fingerprint density at radius 2 is 0.571 bits per heavy atom. The minimum atomic E-state index is 0. The Morgan fingerprint density at radius 3 is 0.571 bits per heavy atom. The molecule has 0 aliphatic rings. The van der Waals surface area contributed by atoms with Crippen LogP contribution in [0, 0.1) is 0 Å². The van der Waals surface area contributed by atoms with Gasteiger partial charge in [-0.15, -0.1) is 0 Å². The second-order valence-electron chi connectivity index (χ2n) is 0. The Morgan fingerprint density at radius 1 is 0.571 bits per heavy atom. The second-order valence-corrected chi connectivity index (χ2v) is 0. The summed E-state index contributed by atoms with van der Waals surface area (Å²) in [7, 11) is 0.